The van der Waals surface area contributed by atoms with E-state index in [2.05, 4.69) is 29.2 Å². The first-order chi connectivity index (χ1) is 7.24. The van der Waals surface area contributed by atoms with Gasteiger partial charge in [0.2, 0.25) is 0 Å². The Morgan fingerprint density at radius 3 is 2.80 bits per heavy atom. The van der Waals surface area contributed by atoms with E-state index in [0.29, 0.717) is 5.15 Å². The number of halogens is 1. The van der Waals surface area contributed by atoms with Crippen LogP contribution in [0.15, 0.2) is 24.3 Å². The topological polar surface area (TPSA) is 12.9 Å². The van der Waals surface area contributed by atoms with Crippen LogP contribution < -0.4 is 0 Å². The SMILES string of the molecule is Cc1cc2cc(C3CC3)ccc2nc1Cl. The van der Waals surface area contributed by atoms with Gasteiger partial charge in [0.1, 0.15) is 5.15 Å². The molecule has 0 unspecified atom stereocenters. The molecule has 0 atom stereocenters. The molecule has 1 aromatic heterocycles. The van der Waals surface area contributed by atoms with Crippen LogP contribution in [0.1, 0.15) is 29.9 Å². The third-order valence-electron chi connectivity index (χ3n) is 3.02. The summed E-state index contributed by atoms with van der Waals surface area (Å²) in [6.07, 6.45) is 2.68. The summed E-state index contributed by atoms with van der Waals surface area (Å²) in [6, 6.07) is 8.63. The van der Waals surface area contributed by atoms with E-state index in [9.17, 15) is 0 Å². The lowest BCUT2D eigenvalue weighted by molar-refractivity contribution is 1.13. The van der Waals surface area contributed by atoms with Crippen LogP contribution in [-0.2, 0) is 0 Å². The van der Waals surface area contributed by atoms with Crippen molar-refractivity contribution in [2.24, 2.45) is 0 Å². The molecule has 0 bridgehead atoms. The van der Waals surface area contributed by atoms with Gasteiger partial charge >= 0.3 is 0 Å². The maximum Gasteiger partial charge on any atom is 0.132 e. The third-order valence-corrected chi connectivity index (χ3v) is 3.40. The number of fused-ring (bicyclic) bond motifs is 1. The van der Waals surface area contributed by atoms with Gasteiger partial charge in [-0.05, 0) is 55.0 Å². The molecule has 1 heterocycles. The third kappa shape index (κ3) is 1.61. The van der Waals surface area contributed by atoms with Gasteiger partial charge in [0.05, 0.1) is 5.52 Å². The van der Waals surface area contributed by atoms with Crippen LogP contribution in [0.5, 0.6) is 0 Å². The Bertz CT molecular complexity index is 529. The zero-order valence-corrected chi connectivity index (χ0v) is 9.38. The van der Waals surface area contributed by atoms with Crippen molar-refractivity contribution < 1.29 is 0 Å². The largest absolute Gasteiger partial charge is 0.236 e. The van der Waals surface area contributed by atoms with Crippen molar-refractivity contribution >= 4 is 22.5 Å². The number of pyridine rings is 1. The molecule has 0 radical (unpaired) electrons. The summed E-state index contributed by atoms with van der Waals surface area (Å²) in [6.45, 7) is 2.00. The van der Waals surface area contributed by atoms with Crippen molar-refractivity contribution in [1.82, 2.24) is 4.98 Å². The van der Waals surface area contributed by atoms with E-state index in [1.54, 1.807) is 0 Å². The van der Waals surface area contributed by atoms with Crippen molar-refractivity contribution in [2.75, 3.05) is 0 Å². The van der Waals surface area contributed by atoms with E-state index in [0.717, 1.165) is 17.0 Å². The van der Waals surface area contributed by atoms with Gasteiger partial charge in [0, 0.05) is 5.39 Å². The fraction of sp³-hybridized carbons (Fsp3) is 0.308. The maximum absolute atomic E-state index is 5.99. The van der Waals surface area contributed by atoms with Crippen molar-refractivity contribution in [3.05, 3.63) is 40.5 Å². The molecule has 1 aliphatic carbocycles. The van der Waals surface area contributed by atoms with E-state index in [4.69, 9.17) is 11.6 Å². The molecule has 1 fully saturated rings. The smallest absolute Gasteiger partial charge is 0.132 e. The first-order valence-corrected chi connectivity index (χ1v) is 5.68. The van der Waals surface area contributed by atoms with E-state index in [1.165, 1.54) is 23.8 Å². The minimum atomic E-state index is 0.613. The fourth-order valence-corrected chi connectivity index (χ4v) is 2.09. The Morgan fingerprint density at radius 2 is 2.07 bits per heavy atom. The van der Waals surface area contributed by atoms with Crippen molar-refractivity contribution in [3.8, 4) is 0 Å². The van der Waals surface area contributed by atoms with Crippen LogP contribution in [0.4, 0.5) is 0 Å². The molecule has 15 heavy (non-hydrogen) atoms. The highest BCUT2D eigenvalue weighted by molar-refractivity contribution is 6.30. The molecule has 1 saturated carbocycles. The standard InChI is InChI=1S/C13H12ClN/c1-8-6-11-7-10(9-2-3-9)4-5-12(11)15-13(8)14/h4-7,9H,2-3H2,1H3. The Balaban J connectivity index is 2.21. The van der Waals surface area contributed by atoms with Gasteiger partial charge in [-0.3, -0.25) is 0 Å². The molecular formula is C13H12ClN. The summed E-state index contributed by atoms with van der Waals surface area (Å²) in [4.78, 5) is 4.36. The normalized spacial score (nSPS) is 15.9. The molecule has 76 valence electrons. The molecule has 1 nitrogen and oxygen atoms in total. The number of nitrogens with zero attached hydrogens (tertiary/aromatic N) is 1. The lowest BCUT2D eigenvalue weighted by atomic mass is 10.1. The lowest BCUT2D eigenvalue weighted by Crippen LogP contribution is -1.86. The van der Waals surface area contributed by atoms with E-state index >= 15 is 0 Å². The van der Waals surface area contributed by atoms with E-state index in [-0.39, 0.29) is 0 Å². The van der Waals surface area contributed by atoms with Gasteiger partial charge in [0.15, 0.2) is 0 Å². The second kappa shape index (κ2) is 3.21. The minimum Gasteiger partial charge on any atom is -0.236 e. The Hall–Kier alpha value is -1.08. The van der Waals surface area contributed by atoms with Crippen LogP contribution in [-0.4, -0.2) is 4.98 Å². The predicted octanol–water partition coefficient (Wildman–Crippen LogP) is 4.07. The predicted molar refractivity (Wildman–Crippen MR) is 63.5 cm³/mol. The molecule has 0 spiro atoms. The van der Waals surface area contributed by atoms with Gasteiger partial charge in [0.25, 0.3) is 0 Å². The summed E-state index contributed by atoms with van der Waals surface area (Å²) in [7, 11) is 0. The minimum absolute atomic E-state index is 0.613. The van der Waals surface area contributed by atoms with Crippen LogP contribution in [0.2, 0.25) is 5.15 Å². The number of hydrogen-bond donors (Lipinski definition) is 0. The quantitative estimate of drug-likeness (QED) is 0.656. The Morgan fingerprint density at radius 1 is 1.27 bits per heavy atom. The van der Waals surface area contributed by atoms with Gasteiger partial charge in [-0.2, -0.15) is 0 Å². The molecule has 0 amide bonds. The molecule has 2 aromatic rings. The van der Waals surface area contributed by atoms with Crippen molar-refractivity contribution in [3.63, 3.8) is 0 Å². The molecule has 0 aliphatic heterocycles. The highest BCUT2D eigenvalue weighted by Crippen LogP contribution is 2.40. The van der Waals surface area contributed by atoms with Gasteiger partial charge in [-0.15, -0.1) is 0 Å². The molecule has 2 heteroatoms. The Kier molecular flexibility index (Phi) is 1.96. The Labute approximate surface area is 94.1 Å². The maximum atomic E-state index is 5.99. The number of aryl methyl sites for hydroxylation is 1. The first kappa shape index (κ1) is 9.17. The van der Waals surface area contributed by atoms with Gasteiger partial charge in [-0.1, -0.05) is 17.7 Å². The van der Waals surface area contributed by atoms with Crippen LogP contribution in [0.25, 0.3) is 10.9 Å². The highest BCUT2D eigenvalue weighted by atomic mass is 35.5. The van der Waals surface area contributed by atoms with Crippen LogP contribution in [0.3, 0.4) is 0 Å². The summed E-state index contributed by atoms with van der Waals surface area (Å²) in [5.41, 5.74) is 3.50. The van der Waals surface area contributed by atoms with Crippen LogP contribution >= 0.6 is 11.6 Å². The summed E-state index contributed by atoms with van der Waals surface area (Å²) >= 11 is 5.99. The molecule has 0 N–H and O–H groups in total. The molecule has 1 aliphatic rings. The zero-order chi connectivity index (χ0) is 10.4. The molecule has 3 rings (SSSR count). The average Bonchev–Trinajstić information content (AvgIpc) is 3.02. The fourth-order valence-electron chi connectivity index (χ4n) is 1.95. The molecule has 0 saturated heterocycles. The number of hydrogen-bond acceptors (Lipinski definition) is 1. The molecular weight excluding hydrogens is 206 g/mol. The highest BCUT2D eigenvalue weighted by Gasteiger charge is 2.23. The van der Waals surface area contributed by atoms with Crippen molar-refractivity contribution in [1.29, 1.82) is 0 Å². The second-order valence-corrected chi connectivity index (χ2v) is 4.68. The number of benzene rings is 1. The zero-order valence-electron chi connectivity index (χ0n) is 8.63. The number of aromatic nitrogens is 1. The first-order valence-electron chi connectivity index (χ1n) is 5.31. The lowest BCUT2D eigenvalue weighted by Gasteiger charge is -2.04. The average molecular weight is 218 g/mol. The van der Waals surface area contributed by atoms with E-state index in [1.807, 2.05) is 6.92 Å². The van der Waals surface area contributed by atoms with Crippen LogP contribution in [0, 0.1) is 6.92 Å². The molecule has 1 aromatic carbocycles. The summed E-state index contributed by atoms with van der Waals surface area (Å²) < 4.78 is 0. The number of rotatable bonds is 1. The van der Waals surface area contributed by atoms with E-state index < -0.39 is 0 Å². The van der Waals surface area contributed by atoms with Gasteiger partial charge in [-0.25, -0.2) is 4.98 Å². The second-order valence-electron chi connectivity index (χ2n) is 4.32. The summed E-state index contributed by atoms with van der Waals surface area (Å²) in [5.74, 6) is 0.797. The van der Waals surface area contributed by atoms with Gasteiger partial charge < -0.3 is 0 Å². The summed E-state index contributed by atoms with van der Waals surface area (Å²) in [5, 5.41) is 1.82. The monoisotopic (exact) mass is 217 g/mol. The van der Waals surface area contributed by atoms with Crippen molar-refractivity contribution in [2.45, 2.75) is 25.7 Å².